The van der Waals surface area contributed by atoms with Crippen molar-refractivity contribution in [2.75, 3.05) is 0 Å². The van der Waals surface area contributed by atoms with E-state index in [1.165, 1.54) is 6.08 Å². The van der Waals surface area contributed by atoms with Gasteiger partial charge >= 0.3 is 5.97 Å². The second-order valence-corrected chi connectivity index (χ2v) is 4.29. The molecule has 2 aromatic rings. The Morgan fingerprint density at radius 3 is 1.89 bits per heavy atom. The maximum absolute atomic E-state index is 10.6. The molecular weight excluding hydrogens is 240 g/mol. The van der Waals surface area contributed by atoms with Crippen molar-refractivity contribution in [1.82, 2.24) is 0 Å². The van der Waals surface area contributed by atoms with Gasteiger partial charge in [-0.3, -0.25) is 0 Å². The number of allylic oxidation sites excluding steroid dienone is 1. The molecule has 0 heterocycles. The van der Waals surface area contributed by atoms with Crippen LogP contribution in [-0.2, 0) is 4.79 Å². The third kappa shape index (κ3) is 3.22. The molecule has 0 amide bonds. The van der Waals surface area contributed by atoms with Crippen molar-refractivity contribution in [3.8, 4) is 16.9 Å². The summed E-state index contributed by atoms with van der Waals surface area (Å²) in [6.45, 7) is 1.77. The minimum absolute atomic E-state index is 0.237. The third-order valence-corrected chi connectivity index (χ3v) is 2.88. The summed E-state index contributed by atoms with van der Waals surface area (Å²) in [4.78, 5) is 10.6. The highest BCUT2D eigenvalue weighted by atomic mass is 16.4. The van der Waals surface area contributed by atoms with Gasteiger partial charge in [0.25, 0.3) is 0 Å². The van der Waals surface area contributed by atoms with Gasteiger partial charge in [-0.15, -0.1) is 0 Å². The van der Waals surface area contributed by atoms with Crippen molar-refractivity contribution < 1.29 is 15.0 Å². The highest BCUT2D eigenvalue weighted by Gasteiger charge is 2.01. The number of hydrogen-bond acceptors (Lipinski definition) is 2. The van der Waals surface area contributed by atoms with Crippen LogP contribution < -0.4 is 0 Å². The molecule has 0 saturated carbocycles. The summed E-state index contributed by atoms with van der Waals surface area (Å²) in [5, 5.41) is 17.9. The maximum atomic E-state index is 10.6. The number of phenols is 1. The highest BCUT2D eigenvalue weighted by molar-refractivity contribution is 5.89. The van der Waals surface area contributed by atoms with Crippen LogP contribution >= 0.6 is 0 Å². The first-order chi connectivity index (χ1) is 9.06. The number of carbonyl (C=O) groups is 1. The summed E-state index contributed by atoms with van der Waals surface area (Å²) in [5.74, 6) is -0.708. The molecule has 0 saturated heterocycles. The molecule has 3 heteroatoms. The minimum atomic E-state index is -0.944. The standard InChI is InChI=1S/C16H14O3/c1-11(10-16(18)19)12-2-4-13(5-3-12)14-6-8-15(17)9-7-14/h2-10,17H,1H3,(H,18,19)/b11-10+. The van der Waals surface area contributed by atoms with Crippen molar-refractivity contribution in [1.29, 1.82) is 0 Å². The van der Waals surface area contributed by atoms with Crippen molar-refractivity contribution in [3.63, 3.8) is 0 Å². The number of aromatic hydroxyl groups is 1. The van der Waals surface area contributed by atoms with Crippen LogP contribution in [0.5, 0.6) is 5.75 Å². The fourth-order valence-corrected chi connectivity index (χ4v) is 1.85. The Balaban J connectivity index is 2.28. The molecule has 0 spiro atoms. The molecule has 0 bridgehead atoms. The van der Waals surface area contributed by atoms with Crippen molar-refractivity contribution in [2.45, 2.75) is 6.92 Å². The molecule has 3 nitrogen and oxygen atoms in total. The molecule has 0 aliphatic heterocycles. The molecule has 0 radical (unpaired) electrons. The van der Waals surface area contributed by atoms with E-state index in [2.05, 4.69) is 0 Å². The normalized spacial score (nSPS) is 11.3. The van der Waals surface area contributed by atoms with Gasteiger partial charge in [-0.1, -0.05) is 36.4 Å². The molecule has 19 heavy (non-hydrogen) atoms. The fourth-order valence-electron chi connectivity index (χ4n) is 1.85. The largest absolute Gasteiger partial charge is 0.508 e. The summed E-state index contributed by atoms with van der Waals surface area (Å²) in [6, 6.07) is 14.6. The van der Waals surface area contributed by atoms with Gasteiger partial charge in [-0.05, 0) is 41.3 Å². The SMILES string of the molecule is C/C(=C\C(=O)O)c1ccc(-c2ccc(O)cc2)cc1. The fraction of sp³-hybridized carbons (Fsp3) is 0.0625. The third-order valence-electron chi connectivity index (χ3n) is 2.88. The van der Waals surface area contributed by atoms with Gasteiger partial charge < -0.3 is 10.2 Å². The predicted molar refractivity (Wildman–Crippen MR) is 74.8 cm³/mol. The summed E-state index contributed by atoms with van der Waals surface area (Å²) < 4.78 is 0. The Bertz CT molecular complexity index is 607. The first-order valence-corrected chi connectivity index (χ1v) is 5.87. The predicted octanol–water partition coefficient (Wildman–Crippen LogP) is 3.55. The van der Waals surface area contributed by atoms with Crippen molar-refractivity contribution in [2.24, 2.45) is 0 Å². The van der Waals surface area contributed by atoms with E-state index in [4.69, 9.17) is 5.11 Å². The van der Waals surface area contributed by atoms with E-state index in [1.807, 2.05) is 36.4 Å². The molecular formula is C16H14O3. The molecule has 2 rings (SSSR count). The molecule has 0 unspecified atom stereocenters. The molecule has 0 fully saturated rings. The molecule has 2 N–H and O–H groups in total. The van der Waals surface area contributed by atoms with E-state index in [0.29, 0.717) is 5.57 Å². The number of benzene rings is 2. The van der Waals surface area contributed by atoms with Gasteiger partial charge in [0.15, 0.2) is 0 Å². The summed E-state index contributed by atoms with van der Waals surface area (Å²) in [7, 11) is 0. The number of carboxylic acid groups (broad SMARTS) is 1. The first-order valence-electron chi connectivity index (χ1n) is 5.87. The van der Waals surface area contributed by atoms with Crippen LogP contribution in [0.25, 0.3) is 16.7 Å². The van der Waals surface area contributed by atoms with Gasteiger partial charge in [0.2, 0.25) is 0 Å². The number of aliphatic carboxylic acids is 1. The van der Waals surface area contributed by atoms with Crippen LogP contribution in [0.4, 0.5) is 0 Å². The van der Waals surface area contributed by atoms with E-state index in [1.54, 1.807) is 19.1 Å². The second-order valence-electron chi connectivity index (χ2n) is 4.29. The van der Waals surface area contributed by atoms with E-state index < -0.39 is 5.97 Å². The van der Waals surface area contributed by atoms with Crippen molar-refractivity contribution in [3.05, 3.63) is 60.2 Å². The van der Waals surface area contributed by atoms with Crippen LogP contribution in [0.2, 0.25) is 0 Å². The summed E-state index contributed by atoms with van der Waals surface area (Å²) in [6.07, 6.45) is 1.19. The highest BCUT2D eigenvalue weighted by Crippen LogP contribution is 2.24. The molecule has 2 aromatic carbocycles. The Morgan fingerprint density at radius 2 is 1.42 bits per heavy atom. The smallest absolute Gasteiger partial charge is 0.328 e. The van der Waals surface area contributed by atoms with Crippen LogP contribution in [0.3, 0.4) is 0 Å². The average Bonchev–Trinajstić information content (AvgIpc) is 2.39. The molecule has 0 atom stereocenters. The van der Waals surface area contributed by atoms with E-state index in [-0.39, 0.29) is 5.75 Å². The maximum Gasteiger partial charge on any atom is 0.328 e. The van der Waals surface area contributed by atoms with Crippen molar-refractivity contribution >= 4 is 11.5 Å². The number of carboxylic acids is 1. The van der Waals surface area contributed by atoms with Gasteiger partial charge in [0.1, 0.15) is 5.75 Å². The van der Waals surface area contributed by atoms with Crippen LogP contribution in [-0.4, -0.2) is 16.2 Å². The Kier molecular flexibility index (Phi) is 3.66. The molecule has 0 aromatic heterocycles. The van der Waals surface area contributed by atoms with E-state index in [9.17, 15) is 9.90 Å². The lowest BCUT2D eigenvalue weighted by Crippen LogP contribution is -1.90. The van der Waals surface area contributed by atoms with Gasteiger partial charge in [-0.2, -0.15) is 0 Å². The number of hydrogen-bond donors (Lipinski definition) is 2. The monoisotopic (exact) mass is 254 g/mol. The van der Waals surface area contributed by atoms with Gasteiger partial charge in [-0.25, -0.2) is 4.79 Å². The van der Waals surface area contributed by atoms with Crippen LogP contribution in [0.15, 0.2) is 54.6 Å². The molecule has 0 aliphatic rings. The lowest BCUT2D eigenvalue weighted by atomic mass is 10.0. The molecule has 96 valence electrons. The van der Waals surface area contributed by atoms with Crippen LogP contribution in [0.1, 0.15) is 12.5 Å². The zero-order valence-corrected chi connectivity index (χ0v) is 10.5. The zero-order chi connectivity index (χ0) is 13.8. The quantitative estimate of drug-likeness (QED) is 0.823. The Labute approximate surface area is 111 Å². The van der Waals surface area contributed by atoms with Gasteiger partial charge in [0, 0.05) is 6.08 Å². The number of phenolic OH excluding ortho intramolecular Hbond substituents is 1. The zero-order valence-electron chi connectivity index (χ0n) is 10.5. The number of rotatable bonds is 3. The lowest BCUT2D eigenvalue weighted by molar-refractivity contribution is -0.131. The van der Waals surface area contributed by atoms with Crippen LogP contribution in [0, 0.1) is 0 Å². The Morgan fingerprint density at radius 1 is 0.947 bits per heavy atom. The lowest BCUT2D eigenvalue weighted by Gasteiger charge is -2.05. The summed E-state index contributed by atoms with van der Waals surface area (Å²) in [5.41, 5.74) is 3.62. The second kappa shape index (κ2) is 5.40. The average molecular weight is 254 g/mol. The van der Waals surface area contributed by atoms with E-state index >= 15 is 0 Å². The first kappa shape index (κ1) is 12.9. The van der Waals surface area contributed by atoms with Gasteiger partial charge in [0.05, 0.1) is 0 Å². The Hall–Kier alpha value is -2.55. The molecule has 0 aliphatic carbocycles. The van der Waals surface area contributed by atoms with E-state index in [0.717, 1.165) is 16.7 Å². The summed E-state index contributed by atoms with van der Waals surface area (Å²) >= 11 is 0. The topological polar surface area (TPSA) is 57.5 Å². The minimum Gasteiger partial charge on any atom is -0.508 e.